The van der Waals surface area contributed by atoms with E-state index < -0.39 is 18.0 Å². The van der Waals surface area contributed by atoms with Crippen molar-refractivity contribution in [1.82, 2.24) is 0 Å². The molecule has 122 valence electrons. The Balaban J connectivity index is 2.37. The van der Waals surface area contributed by atoms with E-state index in [-0.39, 0.29) is 16.9 Å². The summed E-state index contributed by atoms with van der Waals surface area (Å²) in [5.74, 6) is -0.516. The van der Waals surface area contributed by atoms with Crippen molar-refractivity contribution >= 4 is 16.9 Å². The third-order valence-electron chi connectivity index (χ3n) is 3.69. The Morgan fingerprint density at radius 2 is 1.88 bits per heavy atom. The first kappa shape index (κ1) is 15.6. The number of phenolic OH excluding ortho intramolecular Hbond substituents is 1. The average molecular weight is 326 g/mol. The van der Waals surface area contributed by atoms with Crippen LogP contribution in [-0.2, 0) is 11.2 Å². The summed E-state index contributed by atoms with van der Waals surface area (Å²) in [6.45, 7) is 0. The predicted molar refractivity (Wildman–Crippen MR) is 87.5 cm³/mol. The molecule has 0 unspecified atom stereocenters. The zero-order valence-corrected chi connectivity index (χ0v) is 12.8. The second-order valence-corrected chi connectivity index (χ2v) is 5.22. The standard InChI is InChI=1S/C18H14O6/c1-23-12-5-2-10(3-6-12)17-13-8-11(19)4-7-15(13)24-18(22)14(17)9-16(20)21/h2-8,19H,9H2,1H3,(H,20,21). The van der Waals surface area contributed by atoms with Gasteiger partial charge in [0, 0.05) is 10.9 Å². The number of carboxylic acids is 1. The smallest absolute Gasteiger partial charge is 0.340 e. The number of phenols is 1. The SMILES string of the molecule is COc1ccc(-c2c(CC(=O)O)c(=O)oc3ccc(O)cc23)cc1. The molecule has 3 rings (SSSR count). The molecule has 2 N–H and O–H groups in total. The summed E-state index contributed by atoms with van der Waals surface area (Å²) >= 11 is 0. The Labute approximate surface area is 136 Å². The molecule has 3 aromatic rings. The van der Waals surface area contributed by atoms with Crippen LogP contribution in [0.4, 0.5) is 0 Å². The van der Waals surface area contributed by atoms with Gasteiger partial charge >= 0.3 is 11.6 Å². The molecule has 0 bridgehead atoms. The summed E-state index contributed by atoms with van der Waals surface area (Å²) in [4.78, 5) is 23.4. The highest BCUT2D eigenvalue weighted by atomic mass is 16.5. The number of hydrogen-bond donors (Lipinski definition) is 2. The van der Waals surface area contributed by atoms with Gasteiger partial charge in [-0.2, -0.15) is 0 Å². The lowest BCUT2D eigenvalue weighted by molar-refractivity contribution is -0.136. The number of carboxylic acid groups (broad SMARTS) is 1. The van der Waals surface area contributed by atoms with Crippen LogP contribution in [0.15, 0.2) is 51.7 Å². The van der Waals surface area contributed by atoms with E-state index >= 15 is 0 Å². The Hall–Kier alpha value is -3.28. The summed E-state index contributed by atoms with van der Waals surface area (Å²) in [7, 11) is 1.54. The minimum absolute atomic E-state index is 0.00705. The number of hydrogen-bond acceptors (Lipinski definition) is 5. The van der Waals surface area contributed by atoms with Crippen LogP contribution in [0.25, 0.3) is 22.1 Å². The van der Waals surface area contributed by atoms with Crippen molar-refractivity contribution in [1.29, 1.82) is 0 Å². The van der Waals surface area contributed by atoms with Crippen molar-refractivity contribution < 1.29 is 24.2 Å². The van der Waals surface area contributed by atoms with E-state index in [1.54, 1.807) is 24.3 Å². The number of aliphatic carboxylic acids is 1. The maximum absolute atomic E-state index is 12.3. The van der Waals surface area contributed by atoms with Gasteiger partial charge < -0.3 is 19.4 Å². The molecule has 6 heteroatoms. The van der Waals surface area contributed by atoms with Gasteiger partial charge in [0.25, 0.3) is 0 Å². The fourth-order valence-electron chi connectivity index (χ4n) is 2.63. The lowest BCUT2D eigenvalue weighted by atomic mass is 9.95. The van der Waals surface area contributed by atoms with Crippen LogP contribution < -0.4 is 10.4 Å². The first-order valence-electron chi connectivity index (χ1n) is 7.14. The number of benzene rings is 2. The van der Waals surface area contributed by atoms with Crippen molar-refractivity contribution in [3.8, 4) is 22.6 Å². The van der Waals surface area contributed by atoms with E-state index in [4.69, 9.17) is 14.3 Å². The van der Waals surface area contributed by atoms with Gasteiger partial charge in [-0.05, 0) is 35.9 Å². The van der Waals surface area contributed by atoms with Crippen LogP contribution >= 0.6 is 0 Å². The van der Waals surface area contributed by atoms with Crippen LogP contribution in [0, 0.1) is 0 Å². The van der Waals surface area contributed by atoms with Gasteiger partial charge in [-0.25, -0.2) is 4.79 Å². The van der Waals surface area contributed by atoms with Gasteiger partial charge in [0.2, 0.25) is 0 Å². The van der Waals surface area contributed by atoms with Gasteiger partial charge in [-0.15, -0.1) is 0 Å². The molecule has 0 spiro atoms. The fraction of sp³-hybridized carbons (Fsp3) is 0.111. The summed E-state index contributed by atoms with van der Waals surface area (Å²) in [5, 5.41) is 19.4. The normalized spacial score (nSPS) is 10.7. The Morgan fingerprint density at radius 3 is 2.50 bits per heavy atom. The largest absolute Gasteiger partial charge is 0.508 e. The van der Waals surface area contributed by atoms with Gasteiger partial charge in [0.05, 0.1) is 19.1 Å². The molecule has 1 heterocycles. The van der Waals surface area contributed by atoms with Crippen molar-refractivity contribution in [3.05, 3.63) is 58.4 Å². The van der Waals surface area contributed by atoms with Gasteiger partial charge in [-0.1, -0.05) is 12.1 Å². The van der Waals surface area contributed by atoms with Crippen molar-refractivity contribution in [2.75, 3.05) is 7.11 Å². The molecule has 0 aliphatic heterocycles. The monoisotopic (exact) mass is 326 g/mol. The number of methoxy groups -OCH3 is 1. The number of rotatable bonds is 4. The molecule has 0 saturated heterocycles. The highest BCUT2D eigenvalue weighted by molar-refractivity contribution is 5.96. The van der Waals surface area contributed by atoms with Gasteiger partial charge in [0.1, 0.15) is 17.1 Å². The molecule has 2 aromatic carbocycles. The summed E-state index contributed by atoms with van der Waals surface area (Å²) in [5.41, 5.74) is 0.669. The molecular weight excluding hydrogens is 312 g/mol. The van der Waals surface area contributed by atoms with Crippen LogP contribution in [0.3, 0.4) is 0 Å². The molecule has 24 heavy (non-hydrogen) atoms. The van der Waals surface area contributed by atoms with E-state index in [9.17, 15) is 14.7 Å². The highest BCUT2D eigenvalue weighted by Gasteiger charge is 2.19. The third kappa shape index (κ3) is 2.81. The van der Waals surface area contributed by atoms with E-state index in [1.165, 1.54) is 25.3 Å². The number of fused-ring (bicyclic) bond motifs is 1. The zero-order valence-electron chi connectivity index (χ0n) is 12.8. The first-order valence-corrected chi connectivity index (χ1v) is 7.14. The molecule has 0 saturated carbocycles. The molecule has 6 nitrogen and oxygen atoms in total. The summed E-state index contributed by atoms with van der Waals surface area (Å²) < 4.78 is 10.3. The highest BCUT2D eigenvalue weighted by Crippen LogP contribution is 2.33. The van der Waals surface area contributed by atoms with Crippen LogP contribution in [0.1, 0.15) is 5.56 Å². The van der Waals surface area contributed by atoms with E-state index in [0.29, 0.717) is 22.3 Å². The second-order valence-electron chi connectivity index (χ2n) is 5.22. The van der Waals surface area contributed by atoms with Crippen molar-refractivity contribution in [2.45, 2.75) is 6.42 Å². The van der Waals surface area contributed by atoms with Gasteiger partial charge in [0.15, 0.2) is 0 Å². The quantitative estimate of drug-likeness (QED) is 0.716. The lowest BCUT2D eigenvalue weighted by Gasteiger charge is -2.11. The fourth-order valence-corrected chi connectivity index (χ4v) is 2.63. The topological polar surface area (TPSA) is 97.0 Å². The molecule has 0 atom stereocenters. The van der Waals surface area contributed by atoms with E-state index in [1.807, 2.05) is 0 Å². The van der Waals surface area contributed by atoms with E-state index in [0.717, 1.165) is 0 Å². The molecule has 0 aliphatic rings. The number of carbonyl (C=O) groups is 1. The van der Waals surface area contributed by atoms with Crippen LogP contribution in [0.5, 0.6) is 11.5 Å². The predicted octanol–water partition coefficient (Wildman–Crippen LogP) is 2.80. The minimum atomic E-state index is -1.14. The van der Waals surface area contributed by atoms with Gasteiger partial charge in [-0.3, -0.25) is 4.79 Å². The lowest BCUT2D eigenvalue weighted by Crippen LogP contribution is -2.14. The summed E-state index contributed by atoms with van der Waals surface area (Å²) in [6.07, 6.45) is -0.477. The molecule has 0 radical (unpaired) electrons. The van der Waals surface area contributed by atoms with Crippen LogP contribution in [-0.4, -0.2) is 23.3 Å². The first-order chi connectivity index (χ1) is 11.5. The van der Waals surface area contributed by atoms with E-state index in [2.05, 4.69) is 0 Å². The zero-order chi connectivity index (χ0) is 17.3. The second kappa shape index (κ2) is 6.08. The molecule has 0 amide bonds. The maximum atomic E-state index is 12.3. The van der Waals surface area contributed by atoms with Crippen molar-refractivity contribution in [2.24, 2.45) is 0 Å². The van der Waals surface area contributed by atoms with Crippen LogP contribution in [0.2, 0.25) is 0 Å². The molecular formula is C18H14O6. The Bertz CT molecular complexity index is 969. The summed E-state index contributed by atoms with van der Waals surface area (Å²) in [6, 6.07) is 11.2. The van der Waals surface area contributed by atoms with Crippen molar-refractivity contribution in [3.63, 3.8) is 0 Å². The minimum Gasteiger partial charge on any atom is -0.508 e. The Kier molecular flexibility index (Phi) is 3.95. The number of ether oxygens (including phenoxy) is 1. The average Bonchev–Trinajstić information content (AvgIpc) is 2.56. The molecule has 0 fully saturated rings. The maximum Gasteiger partial charge on any atom is 0.340 e. The molecule has 0 aliphatic carbocycles. The third-order valence-corrected chi connectivity index (χ3v) is 3.69. The Morgan fingerprint density at radius 1 is 1.17 bits per heavy atom. The number of aromatic hydroxyl groups is 1. The molecule has 1 aromatic heterocycles.